The average Bonchev–Trinajstić information content (AvgIpc) is 2.14. The van der Waals surface area contributed by atoms with Crippen molar-refractivity contribution in [2.45, 2.75) is 20.0 Å². The number of rotatable bonds is 5. The number of allylic oxidation sites excluding steroid dienone is 1. The lowest BCUT2D eigenvalue weighted by molar-refractivity contribution is 0.138. The Labute approximate surface area is 83.7 Å². The lowest BCUT2D eigenvalue weighted by Gasteiger charge is -2.22. The third-order valence-corrected chi connectivity index (χ3v) is 7.01. The molecule has 0 aromatic carbocycles. The second kappa shape index (κ2) is 5.71. The Bertz CT molecular complexity index is 168. The van der Waals surface area contributed by atoms with Gasteiger partial charge in [0.2, 0.25) is 0 Å². The molecule has 0 aliphatic rings. The normalized spacial score (nSPS) is 13.9. The number of hydrogen-bond donors (Lipinski definition) is 0. The van der Waals surface area contributed by atoms with Crippen molar-refractivity contribution in [3.8, 4) is 0 Å². The molecule has 0 fully saturated rings. The van der Waals surface area contributed by atoms with Crippen LogP contribution < -0.4 is 0 Å². The van der Waals surface area contributed by atoms with Gasteiger partial charge < -0.3 is 13.3 Å². The highest BCUT2D eigenvalue weighted by atomic mass is 28.4. The second-order valence-electron chi connectivity index (χ2n) is 3.26. The maximum atomic E-state index is 5.30. The summed E-state index contributed by atoms with van der Waals surface area (Å²) in [6.45, 7) is 6.66. The van der Waals surface area contributed by atoms with Crippen LogP contribution in [0.5, 0.6) is 0 Å². The minimum atomic E-state index is -2.47. The summed E-state index contributed by atoms with van der Waals surface area (Å²) >= 11 is 0. The van der Waals surface area contributed by atoms with Gasteiger partial charge in [0.25, 0.3) is 0 Å². The van der Waals surface area contributed by atoms with Crippen molar-refractivity contribution in [2.24, 2.45) is 0 Å². The van der Waals surface area contributed by atoms with Gasteiger partial charge in [-0.05, 0) is 12.6 Å². The standard InChI is InChI=1S/C8H20O3Si2/c1-8(12(5)6)7-13(9-2,10-3)11-4/h7,12H,1-6H3/b8-7+. The van der Waals surface area contributed by atoms with Crippen LogP contribution in [0.4, 0.5) is 0 Å². The topological polar surface area (TPSA) is 27.7 Å². The van der Waals surface area contributed by atoms with E-state index in [4.69, 9.17) is 13.3 Å². The first-order chi connectivity index (χ1) is 6.01. The lowest BCUT2D eigenvalue weighted by atomic mass is 10.7. The zero-order chi connectivity index (χ0) is 10.5. The lowest BCUT2D eigenvalue weighted by Crippen LogP contribution is -2.41. The summed E-state index contributed by atoms with van der Waals surface area (Å²) in [5.41, 5.74) is 2.05. The molecule has 0 bridgehead atoms. The van der Waals surface area contributed by atoms with Crippen molar-refractivity contribution in [3.05, 3.63) is 10.9 Å². The summed E-state index contributed by atoms with van der Waals surface area (Å²) in [4.78, 5) is 0. The Morgan fingerprint density at radius 3 is 1.69 bits per heavy atom. The van der Waals surface area contributed by atoms with Gasteiger partial charge in [-0.15, -0.1) is 0 Å². The minimum absolute atomic E-state index is 0.750. The molecule has 5 heteroatoms. The molecule has 0 saturated heterocycles. The third-order valence-electron chi connectivity index (χ3n) is 2.17. The molecule has 13 heavy (non-hydrogen) atoms. The summed E-state index contributed by atoms with van der Waals surface area (Å²) in [6, 6.07) is 0. The summed E-state index contributed by atoms with van der Waals surface area (Å²) in [5.74, 6) is 0. The van der Waals surface area contributed by atoms with Gasteiger partial charge in [0.15, 0.2) is 0 Å². The van der Waals surface area contributed by atoms with Crippen LogP contribution >= 0.6 is 0 Å². The van der Waals surface area contributed by atoms with Crippen molar-refractivity contribution < 1.29 is 13.3 Å². The van der Waals surface area contributed by atoms with Gasteiger partial charge in [0, 0.05) is 21.3 Å². The van der Waals surface area contributed by atoms with Crippen molar-refractivity contribution in [2.75, 3.05) is 21.3 Å². The molecule has 0 saturated carbocycles. The van der Waals surface area contributed by atoms with Crippen LogP contribution in [-0.4, -0.2) is 38.9 Å². The molecule has 0 N–H and O–H groups in total. The molecule has 0 spiro atoms. The molecule has 0 aliphatic heterocycles. The van der Waals surface area contributed by atoms with Crippen LogP contribution in [0.25, 0.3) is 0 Å². The zero-order valence-corrected chi connectivity index (χ0v) is 11.5. The van der Waals surface area contributed by atoms with E-state index in [1.807, 2.05) is 5.70 Å². The zero-order valence-electron chi connectivity index (χ0n) is 9.38. The van der Waals surface area contributed by atoms with Crippen LogP contribution in [0, 0.1) is 0 Å². The molecule has 0 aliphatic carbocycles. The summed E-state index contributed by atoms with van der Waals surface area (Å²) < 4.78 is 15.9. The predicted molar refractivity (Wildman–Crippen MR) is 59.4 cm³/mol. The SMILES string of the molecule is CO[Si](/C=C(\C)[SiH](C)C)(OC)OC. The highest BCUT2D eigenvalue weighted by Gasteiger charge is 2.35. The van der Waals surface area contributed by atoms with Gasteiger partial charge in [0.1, 0.15) is 0 Å². The Morgan fingerprint density at radius 2 is 1.46 bits per heavy atom. The van der Waals surface area contributed by atoms with E-state index in [1.165, 1.54) is 5.20 Å². The largest absolute Gasteiger partial charge is 0.528 e. The molecule has 0 aromatic rings. The Hall–Kier alpha value is 0.0538. The van der Waals surface area contributed by atoms with E-state index in [1.54, 1.807) is 21.3 Å². The molecule has 0 atom stereocenters. The summed E-state index contributed by atoms with van der Waals surface area (Å²) in [7, 11) is 1.67. The van der Waals surface area contributed by atoms with Crippen molar-refractivity contribution in [1.82, 2.24) is 0 Å². The Kier molecular flexibility index (Phi) is 5.74. The first-order valence-corrected chi connectivity index (χ1v) is 9.05. The molecule has 0 unspecified atom stereocenters. The van der Waals surface area contributed by atoms with Gasteiger partial charge in [-0.25, -0.2) is 0 Å². The van der Waals surface area contributed by atoms with Crippen molar-refractivity contribution >= 4 is 17.6 Å². The molecular formula is C8H20O3Si2. The van der Waals surface area contributed by atoms with Gasteiger partial charge in [-0.2, -0.15) is 0 Å². The molecule has 0 heterocycles. The van der Waals surface area contributed by atoms with Gasteiger partial charge in [0.05, 0.1) is 8.80 Å². The third kappa shape index (κ3) is 3.74. The van der Waals surface area contributed by atoms with Crippen molar-refractivity contribution in [3.63, 3.8) is 0 Å². The molecule has 0 aromatic heterocycles. The fraction of sp³-hybridized carbons (Fsp3) is 0.750. The highest BCUT2D eigenvalue weighted by molar-refractivity contribution is 6.71. The van der Waals surface area contributed by atoms with E-state index in [9.17, 15) is 0 Å². The van der Waals surface area contributed by atoms with E-state index in [0.717, 1.165) is 0 Å². The molecule has 78 valence electrons. The van der Waals surface area contributed by atoms with E-state index in [-0.39, 0.29) is 0 Å². The molecular weight excluding hydrogens is 200 g/mol. The van der Waals surface area contributed by atoms with Crippen LogP contribution in [0.3, 0.4) is 0 Å². The fourth-order valence-corrected chi connectivity index (χ4v) is 4.23. The van der Waals surface area contributed by atoms with Crippen LogP contribution in [0.15, 0.2) is 10.9 Å². The second-order valence-corrected chi connectivity index (χ2v) is 9.20. The summed E-state index contributed by atoms with van der Waals surface area (Å²) in [5, 5.41) is 1.37. The molecule has 0 amide bonds. The van der Waals surface area contributed by atoms with E-state index >= 15 is 0 Å². The van der Waals surface area contributed by atoms with Gasteiger partial charge in [-0.3, -0.25) is 0 Å². The van der Waals surface area contributed by atoms with Gasteiger partial charge in [-0.1, -0.05) is 18.3 Å². The smallest absolute Gasteiger partial charge is 0.374 e. The molecule has 0 rings (SSSR count). The number of hydrogen-bond acceptors (Lipinski definition) is 3. The maximum Gasteiger partial charge on any atom is 0.528 e. The molecule has 3 nitrogen and oxygen atoms in total. The Balaban J connectivity index is 4.66. The Morgan fingerprint density at radius 1 is 1.08 bits per heavy atom. The minimum Gasteiger partial charge on any atom is -0.374 e. The quantitative estimate of drug-likeness (QED) is 0.655. The average molecular weight is 220 g/mol. The van der Waals surface area contributed by atoms with Crippen LogP contribution in [0.1, 0.15) is 6.92 Å². The first kappa shape index (κ1) is 13.1. The van der Waals surface area contributed by atoms with Crippen LogP contribution in [0.2, 0.25) is 13.1 Å². The van der Waals surface area contributed by atoms with Crippen LogP contribution in [-0.2, 0) is 13.3 Å². The van der Waals surface area contributed by atoms with E-state index in [0.29, 0.717) is 0 Å². The van der Waals surface area contributed by atoms with Gasteiger partial charge >= 0.3 is 8.80 Å². The maximum absolute atomic E-state index is 5.30. The van der Waals surface area contributed by atoms with E-state index in [2.05, 4.69) is 20.0 Å². The monoisotopic (exact) mass is 220 g/mol. The first-order valence-electron chi connectivity index (χ1n) is 4.36. The highest BCUT2D eigenvalue weighted by Crippen LogP contribution is 2.12. The predicted octanol–water partition coefficient (Wildman–Crippen LogP) is 1.38. The summed E-state index contributed by atoms with van der Waals surface area (Å²) in [6.07, 6.45) is 0. The van der Waals surface area contributed by atoms with Crippen molar-refractivity contribution in [1.29, 1.82) is 0 Å². The molecule has 0 radical (unpaired) electrons. The fourth-order valence-electron chi connectivity index (χ4n) is 0.872. The van der Waals surface area contributed by atoms with E-state index < -0.39 is 17.6 Å².